The van der Waals surface area contributed by atoms with Crippen LogP contribution in [0.15, 0.2) is 0 Å². The first-order valence-electron chi connectivity index (χ1n) is 20.9. The van der Waals surface area contributed by atoms with Gasteiger partial charge in [-0.1, -0.05) is 12.8 Å². The summed E-state index contributed by atoms with van der Waals surface area (Å²) in [6.07, 6.45) is -29.3. The van der Waals surface area contributed by atoms with Crippen molar-refractivity contribution < 1.29 is 145 Å². The second kappa shape index (κ2) is 39.0. The van der Waals surface area contributed by atoms with Gasteiger partial charge in [0, 0.05) is 33.0 Å². The Morgan fingerprint density at radius 1 is 0.294 bits per heavy atom. The Hall–Kier alpha value is -1.60. The lowest BCUT2D eigenvalue weighted by molar-refractivity contribution is -0.519. The van der Waals surface area contributed by atoms with E-state index in [0.29, 0.717) is 51.6 Å². The van der Waals surface area contributed by atoms with E-state index in [9.17, 15) is 68.0 Å². The lowest BCUT2D eigenvalue weighted by atomic mass is 10.1. The first-order chi connectivity index (χ1) is 31.8. The number of halogens is 12. The fourth-order valence-corrected chi connectivity index (χ4v) is 4.40. The largest absolute Gasteiger partial charge is 0.495 e. The maximum atomic E-state index is 13.5. The minimum absolute atomic E-state index is 0.0190. The van der Waals surface area contributed by atoms with Crippen LogP contribution in [0.2, 0.25) is 0 Å². The third kappa shape index (κ3) is 45.5. The van der Waals surface area contributed by atoms with Crippen molar-refractivity contribution in [3.8, 4) is 0 Å². The first-order valence-corrected chi connectivity index (χ1v) is 20.9. The van der Waals surface area contributed by atoms with Crippen LogP contribution in [0.3, 0.4) is 0 Å². The summed E-state index contributed by atoms with van der Waals surface area (Å²) in [6, 6.07) is 0. The van der Waals surface area contributed by atoms with Gasteiger partial charge in [-0.3, -0.25) is 0 Å². The van der Waals surface area contributed by atoms with Crippen LogP contribution in [0.25, 0.3) is 0 Å². The molecule has 0 aromatic heterocycles. The van der Waals surface area contributed by atoms with Crippen LogP contribution in [0, 0.1) is 0 Å². The van der Waals surface area contributed by atoms with Gasteiger partial charge in [0.25, 0.3) is 0 Å². The number of aliphatic hydroxyl groups is 7. The van der Waals surface area contributed by atoms with Gasteiger partial charge in [-0.25, -0.2) is 18.9 Å². The molecule has 0 aliphatic rings. The molecule has 0 heterocycles. The van der Waals surface area contributed by atoms with Crippen LogP contribution in [0.5, 0.6) is 0 Å². The van der Waals surface area contributed by atoms with Gasteiger partial charge in [0.1, 0.15) is 38.6 Å². The molecule has 0 aliphatic heterocycles. The summed E-state index contributed by atoms with van der Waals surface area (Å²) < 4.78 is 210. The van der Waals surface area contributed by atoms with E-state index >= 15 is 0 Å². The Balaban J connectivity index is 0. The minimum Gasteiger partial charge on any atom is -0.396 e. The smallest absolute Gasteiger partial charge is 0.396 e. The number of hydrogen-bond acceptors (Lipinski definition) is 19. The molecule has 7 N–H and O–H groups in total. The number of hydrogen-bond donors (Lipinski definition) is 7. The highest BCUT2D eigenvalue weighted by atomic mass is 19.3. The van der Waals surface area contributed by atoms with Crippen LogP contribution in [-0.4, -0.2) is 223 Å². The summed E-state index contributed by atoms with van der Waals surface area (Å²) in [7, 11) is 0. The molecule has 412 valence electrons. The summed E-state index contributed by atoms with van der Waals surface area (Å²) in [6.45, 7) is -10.4. The Kier molecular flexibility index (Phi) is 39.3. The molecule has 0 saturated carbocycles. The van der Waals surface area contributed by atoms with Crippen molar-refractivity contribution in [2.45, 2.75) is 107 Å². The monoisotopic (exact) mass is 1040 g/mol. The molecule has 3 unspecified atom stereocenters. The van der Waals surface area contributed by atoms with Crippen molar-refractivity contribution in [3.05, 3.63) is 0 Å². The summed E-state index contributed by atoms with van der Waals surface area (Å²) >= 11 is 0. The second-order valence-corrected chi connectivity index (χ2v) is 14.0. The van der Waals surface area contributed by atoms with Crippen molar-refractivity contribution in [1.82, 2.24) is 0 Å². The summed E-state index contributed by atoms with van der Waals surface area (Å²) in [5.41, 5.74) is 0. The molecule has 0 aromatic carbocycles. The van der Waals surface area contributed by atoms with Gasteiger partial charge in [-0.15, -0.1) is 17.6 Å². The van der Waals surface area contributed by atoms with Gasteiger partial charge in [0.05, 0.1) is 78.8 Å². The van der Waals surface area contributed by atoms with Gasteiger partial charge >= 0.3 is 37.0 Å². The Morgan fingerprint density at radius 2 is 0.603 bits per heavy atom. The zero-order valence-corrected chi connectivity index (χ0v) is 37.1. The molecule has 3 atom stereocenters. The van der Waals surface area contributed by atoms with Crippen molar-refractivity contribution in [2.75, 3.05) is 132 Å². The van der Waals surface area contributed by atoms with Crippen LogP contribution >= 0.6 is 0 Å². The third-order valence-electron chi connectivity index (χ3n) is 7.27. The maximum Gasteiger partial charge on any atom is 0.495 e. The summed E-state index contributed by atoms with van der Waals surface area (Å²) in [5, 5.41) is 62.8. The fourth-order valence-electron chi connectivity index (χ4n) is 4.40. The van der Waals surface area contributed by atoms with Crippen LogP contribution in [-0.2, 0) is 56.8 Å². The number of rotatable bonds is 47. The van der Waals surface area contributed by atoms with E-state index in [1.165, 1.54) is 0 Å². The molecule has 0 rings (SSSR count). The number of unbranched alkanes of at least 4 members (excludes halogenated alkanes) is 4. The number of aliphatic hydroxyl groups excluding tert-OH is 7. The van der Waals surface area contributed by atoms with E-state index in [2.05, 4.69) is 42.6 Å². The molecule has 0 radical (unpaired) electrons. The van der Waals surface area contributed by atoms with E-state index in [0.717, 1.165) is 0 Å². The van der Waals surface area contributed by atoms with Crippen molar-refractivity contribution in [2.24, 2.45) is 0 Å². The fraction of sp³-hybridized carbons (Fsp3) is 1.00. The molecule has 68 heavy (non-hydrogen) atoms. The normalized spacial score (nSPS) is 14.5. The molecule has 0 aliphatic carbocycles. The molecule has 0 saturated heterocycles. The molecular weight excluding hydrogens is 976 g/mol. The minimum atomic E-state index is -5.40. The van der Waals surface area contributed by atoms with E-state index in [1.807, 2.05) is 0 Å². The number of ether oxygens (including phenoxy) is 12. The molecule has 31 heteroatoms. The molecule has 19 nitrogen and oxygen atoms in total. The lowest BCUT2D eigenvalue weighted by Crippen LogP contribution is -2.44. The highest BCUT2D eigenvalue weighted by molar-refractivity contribution is 4.61. The van der Waals surface area contributed by atoms with Gasteiger partial charge in [0.2, 0.25) is 0 Å². The molecule has 0 aromatic rings. The topological polar surface area (TPSA) is 252 Å². The lowest BCUT2D eigenvalue weighted by Gasteiger charge is -2.26. The maximum absolute atomic E-state index is 13.5. The zero-order valence-electron chi connectivity index (χ0n) is 37.1. The van der Waals surface area contributed by atoms with Gasteiger partial charge in [-0.05, 0) is 38.5 Å². The number of alkyl halides is 12. The quantitative estimate of drug-likeness (QED) is 0.0263. The molecule has 0 fully saturated rings. The van der Waals surface area contributed by atoms with Crippen LogP contribution in [0.1, 0.15) is 51.4 Å². The van der Waals surface area contributed by atoms with Gasteiger partial charge in [0.15, 0.2) is 0 Å². The van der Waals surface area contributed by atoms with Crippen LogP contribution < -0.4 is 0 Å². The van der Waals surface area contributed by atoms with Gasteiger partial charge in [-0.2, -0.15) is 35.1 Å². The Labute approximate surface area is 384 Å². The first kappa shape index (κ1) is 68.5. The Bertz CT molecular complexity index is 1160. The van der Waals surface area contributed by atoms with E-state index in [4.69, 9.17) is 34.6 Å². The predicted octanol–water partition coefficient (Wildman–Crippen LogP) is 2.82. The molecule has 0 amide bonds. The average molecular weight is 1040 g/mol. The highest BCUT2D eigenvalue weighted by Gasteiger charge is 2.53. The Morgan fingerprint density at radius 3 is 0.985 bits per heavy atom. The third-order valence-corrected chi connectivity index (χ3v) is 7.27. The molecule has 0 spiro atoms. The summed E-state index contributed by atoms with van der Waals surface area (Å²) in [5.74, 6) is 0. The van der Waals surface area contributed by atoms with Gasteiger partial charge < -0.3 is 73.6 Å². The van der Waals surface area contributed by atoms with E-state index in [-0.39, 0.29) is 79.1 Å². The van der Waals surface area contributed by atoms with Crippen LogP contribution in [0.4, 0.5) is 52.7 Å². The average Bonchev–Trinajstić information content (AvgIpc) is 3.20. The molecule has 0 bridgehead atoms. The highest BCUT2D eigenvalue weighted by Crippen LogP contribution is 2.35. The molecular formula is C37H66F12O19. The van der Waals surface area contributed by atoms with Crippen molar-refractivity contribution >= 4 is 0 Å². The van der Waals surface area contributed by atoms with Crippen molar-refractivity contribution in [3.63, 3.8) is 0 Å². The SMILES string of the molecule is OCCCCCC(O)COCC(F)(F)OC(F)(F)OC(F)(F)COCCOCC(O)COCCCCO.OCCCCOCC(O)COCC(F)(F)OC(F)(F)OC(F)(F)COCCOCCO. The summed E-state index contributed by atoms with van der Waals surface area (Å²) in [4.78, 5) is 0. The van der Waals surface area contributed by atoms with E-state index < -0.39 is 108 Å². The predicted molar refractivity (Wildman–Crippen MR) is 204 cm³/mol. The second-order valence-electron chi connectivity index (χ2n) is 14.0. The standard InChI is InChI=1S/C21H38F6O10.C16H28F6O9/c22-19(23,15-34-11-10-33-14-18(31)13-32-9-5-4-8-29)36-21(26,27)37-20(24,25)16-35-12-17(30)6-2-1-3-7-28;17-14(18,11-28-8-7-26-6-4-24)30-16(21,22)31-15(19,20)12-29-10-13(25)9-27-5-2-1-3-23/h17-18,28-31H,1-16H2;13,23-25H,1-12H2. The zero-order chi connectivity index (χ0) is 52.0. The van der Waals surface area contributed by atoms with Crippen molar-refractivity contribution in [1.29, 1.82) is 0 Å². The van der Waals surface area contributed by atoms with E-state index in [1.54, 1.807) is 0 Å².